The molecule has 1 aromatic carbocycles. The maximum atomic E-state index is 11.3. The molecule has 28 heavy (non-hydrogen) atoms. The van der Waals surface area contributed by atoms with E-state index >= 15 is 0 Å². The van der Waals surface area contributed by atoms with Crippen molar-refractivity contribution in [1.29, 1.82) is 5.26 Å². The van der Waals surface area contributed by atoms with Gasteiger partial charge in [0.1, 0.15) is 5.52 Å². The predicted molar refractivity (Wildman–Crippen MR) is 102 cm³/mol. The first kappa shape index (κ1) is 20.1. The van der Waals surface area contributed by atoms with Gasteiger partial charge in [-0.25, -0.2) is 5.14 Å². The van der Waals surface area contributed by atoms with Crippen LogP contribution in [0.4, 0.5) is 5.82 Å². The van der Waals surface area contributed by atoms with Gasteiger partial charge in [0, 0.05) is 18.2 Å². The predicted octanol–water partition coefficient (Wildman–Crippen LogP) is 0.0207. The van der Waals surface area contributed by atoms with Crippen LogP contribution in [-0.2, 0) is 10.2 Å². The second kappa shape index (κ2) is 8.14. The second-order valence-corrected chi connectivity index (χ2v) is 7.87. The van der Waals surface area contributed by atoms with Crippen LogP contribution in [0.3, 0.4) is 0 Å². The summed E-state index contributed by atoms with van der Waals surface area (Å²) >= 11 is 0. The topological polar surface area (TPSA) is 134 Å². The van der Waals surface area contributed by atoms with E-state index in [0.29, 0.717) is 48.8 Å². The van der Waals surface area contributed by atoms with Crippen molar-refractivity contribution in [1.82, 2.24) is 9.71 Å². The first-order chi connectivity index (χ1) is 13.4. The monoisotopic (exact) mass is 407 g/mol. The standard InChI is InChI=1S/C17H23N6O4S/c1-26-15-8-13-14(9-16(15)27-2)20-11-23(10-18)17(13)22-6-3-4-12(5-7-22)21-28(19,24)25/h8-9,11-12,21H,3-7H2,1-2H3,(H2,19,24,25)/q+1. The molecule has 11 heteroatoms. The van der Waals surface area contributed by atoms with Crippen molar-refractivity contribution >= 4 is 26.9 Å². The number of nitrogens with two attached hydrogens (primary N) is 1. The third kappa shape index (κ3) is 4.24. The molecule has 0 aliphatic carbocycles. The smallest absolute Gasteiger partial charge is 0.331 e. The van der Waals surface area contributed by atoms with Crippen molar-refractivity contribution in [3.05, 3.63) is 18.5 Å². The van der Waals surface area contributed by atoms with Crippen LogP contribution in [0.1, 0.15) is 19.3 Å². The van der Waals surface area contributed by atoms with Crippen molar-refractivity contribution in [2.45, 2.75) is 25.3 Å². The molecule has 150 valence electrons. The van der Waals surface area contributed by atoms with Crippen LogP contribution in [0, 0.1) is 11.5 Å². The van der Waals surface area contributed by atoms with Crippen LogP contribution >= 0.6 is 0 Å². The van der Waals surface area contributed by atoms with E-state index < -0.39 is 10.2 Å². The number of ether oxygens (including phenoxy) is 2. The van der Waals surface area contributed by atoms with Crippen LogP contribution < -0.4 is 28.8 Å². The lowest BCUT2D eigenvalue weighted by atomic mass is 10.1. The maximum Gasteiger partial charge on any atom is 0.331 e. The van der Waals surface area contributed by atoms with Crippen molar-refractivity contribution in [2.24, 2.45) is 5.14 Å². The summed E-state index contributed by atoms with van der Waals surface area (Å²) in [6, 6.07) is 3.33. The Morgan fingerprint density at radius 3 is 2.64 bits per heavy atom. The van der Waals surface area contributed by atoms with Gasteiger partial charge in [-0.2, -0.15) is 13.1 Å². The summed E-state index contributed by atoms with van der Waals surface area (Å²) in [7, 11) is -0.652. The van der Waals surface area contributed by atoms with Gasteiger partial charge < -0.3 is 14.4 Å². The zero-order valence-corrected chi connectivity index (χ0v) is 16.6. The van der Waals surface area contributed by atoms with E-state index in [1.54, 1.807) is 26.4 Å². The van der Waals surface area contributed by atoms with Crippen LogP contribution in [0.5, 0.6) is 11.5 Å². The minimum Gasteiger partial charge on any atom is -0.493 e. The summed E-state index contributed by atoms with van der Waals surface area (Å²) in [4.78, 5) is 6.41. The molecule has 1 atom stereocenters. The molecule has 1 fully saturated rings. The van der Waals surface area contributed by atoms with Gasteiger partial charge in [0.15, 0.2) is 11.5 Å². The van der Waals surface area contributed by atoms with E-state index in [0.717, 1.165) is 11.8 Å². The number of hydrogen-bond acceptors (Lipinski definition) is 7. The summed E-state index contributed by atoms with van der Waals surface area (Å²) in [5, 5.41) is 15.5. The highest BCUT2D eigenvalue weighted by atomic mass is 32.2. The number of rotatable bonds is 5. The van der Waals surface area contributed by atoms with Gasteiger partial charge in [-0.05, 0) is 24.5 Å². The van der Waals surface area contributed by atoms with Gasteiger partial charge in [-0.15, -0.1) is 9.55 Å². The first-order valence-electron chi connectivity index (χ1n) is 8.77. The van der Waals surface area contributed by atoms with E-state index in [-0.39, 0.29) is 6.04 Å². The number of nitriles is 1. The van der Waals surface area contributed by atoms with Gasteiger partial charge in [0.05, 0.1) is 32.7 Å². The lowest BCUT2D eigenvalue weighted by molar-refractivity contribution is -0.575. The third-order valence-electron chi connectivity index (χ3n) is 4.75. The van der Waals surface area contributed by atoms with Crippen molar-refractivity contribution in [2.75, 3.05) is 32.2 Å². The molecule has 0 bridgehead atoms. The normalized spacial score (nSPS) is 17.8. The summed E-state index contributed by atoms with van der Waals surface area (Å²) < 4.78 is 37.3. The lowest BCUT2D eigenvalue weighted by Gasteiger charge is -2.21. The van der Waals surface area contributed by atoms with E-state index in [2.05, 4.69) is 20.8 Å². The zero-order chi connectivity index (χ0) is 20.3. The Balaban J connectivity index is 2.02. The molecule has 1 aromatic heterocycles. The average Bonchev–Trinajstić information content (AvgIpc) is 2.89. The van der Waals surface area contributed by atoms with Gasteiger partial charge >= 0.3 is 6.19 Å². The fourth-order valence-corrected chi connectivity index (χ4v) is 4.21. The van der Waals surface area contributed by atoms with Gasteiger partial charge in [-0.1, -0.05) is 0 Å². The van der Waals surface area contributed by atoms with E-state index in [4.69, 9.17) is 14.6 Å². The molecule has 2 aromatic rings. The van der Waals surface area contributed by atoms with Crippen molar-refractivity contribution in [3.8, 4) is 17.7 Å². The van der Waals surface area contributed by atoms with Crippen LogP contribution in [0.2, 0.25) is 0 Å². The Hall–Kier alpha value is -2.68. The highest BCUT2D eigenvalue weighted by molar-refractivity contribution is 7.87. The number of nitrogens with one attached hydrogen (secondary N) is 1. The van der Waals surface area contributed by atoms with E-state index in [1.807, 2.05) is 0 Å². The number of benzene rings is 1. The second-order valence-electron chi connectivity index (χ2n) is 6.54. The number of fused-ring (bicyclic) bond motifs is 1. The number of nitrogens with zero attached hydrogens (tertiary/aromatic N) is 4. The number of methoxy groups -OCH3 is 2. The molecule has 2 heterocycles. The summed E-state index contributed by atoms with van der Waals surface area (Å²) in [6.45, 7) is 1.22. The van der Waals surface area contributed by atoms with E-state index in [1.165, 1.54) is 10.9 Å². The molecular weight excluding hydrogens is 384 g/mol. The molecule has 1 aliphatic rings. The molecular formula is C17H23N6O4S+. The Kier molecular flexibility index (Phi) is 5.83. The number of anilines is 1. The minimum atomic E-state index is -3.75. The Morgan fingerprint density at radius 2 is 2.00 bits per heavy atom. The largest absolute Gasteiger partial charge is 0.493 e. The van der Waals surface area contributed by atoms with Crippen molar-refractivity contribution < 1.29 is 22.5 Å². The first-order valence-corrected chi connectivity index (χ1v) is 10.3. The fourth-order valence-electron chi connectivity index (χ4n) is 3.51. The van der Waals surface area contributed by atoms with Crippen LogP contribution in [0.15, 0.2) is 18.5 Å². The molecule has 0 amide bonds. The SMILES string of the molecule is COc1cc2nc[n+](C#N)c(N3CCCC(NS(N)(=O)=O)CC3)c2cc1OC. The molecule has 3 N–H and O–H groups in total. The molecule has 10 nitrogen and oxygen atoms in total. The van der Waals surface area contributed by atoms with Gasteiger partial charge in [0.2, 0.25) is 12.1 Å². The highest BCUT2D eigenvalue weighted by Crippen LogP contribution is 2.34. The van der Waals surface area contributed by atoms with Crippen LogP contribution in [0.25, 0.3) is 10.9 Å². The van der Waals surface area contributed by atoms with Crippen LogP contribution in [-0.4, -0.2) is 46.8 Å². The molecule has 0 spiro atoms. The summed E-state index contributed by atoms with van der Waals surface area (Å²) in [6.07, 6.45) is 5.58. The Morgan fingerprint density at radius 1 is 1.29 bits per heavy atom. The van der Waals surface area contributed by atoms with E-state index in [9.17, 15) is 13.7 Å². The summed E-state index contributed by atoms with van der Waals surface area (Å²) in [5.41, 5.74) is 0.669. The van der Waals surface area contributed by atoms with Crippen molar-refractivity contribution in [3.63, 3.8) is 0 Å². The maximum absolute atomic E-state index is 11.3. The molecule has 0 saturated carbocycles. The highest BCUT2D eigenvalue weighted by Gasteiger charge is 2.27. The minimum absolute atomic E-state index is 0.238. The molecule has 3 rings (SSSR count). The lowest BCUT2D eigenvalue weighted by Crippen LogP contribution is -2.42. The molecule has 0 radical (unpaired) electrons. The summed E-state index contributed by atoms with van der Waals surface area (Å²) in [5.74, 6) is 1.78. The third-order valence-corrected chi connectivity index (χ3v) is 5.41. The quantitative estimate of drug-likeness (QED) is 0.667. The molecule has 1 unspecified atom stereocenters. The number of aromatic nitrogens is 2. The average molecular weight is 407 g/mol. The molecule has 1 saturated heterocycles. The van der Waals surface area contributed by atoms with Gasteiger partial charge in [-0.3, -0.25) is 0 Å². The van der Waals surface area contributed by atoms with Gasteiger partial charge in [0.25, 0.3) is 10.2 Å². The molecule has 1 aliphatic heterocycles. The Bertz CT molecular complexity index is 1020. The fraction of sp³-hybridized carbons (Fsp3) is 0.471. The zero-order valence-electron chi connectivity index (χ0n) is 15.8. The number of hydrogen-bond donors (Lipinski definition) is 2. The Labute approximate surface area is 163 Å².